The highest BCUT2D eigenvalue weighted by Gasteiger charge is 2.14. The van der Waals surface area contributed by atoms with Crippen molar-refractivity contribution in [1.82, 2.24) is 4.90 Å². The molecule has 0 amide bonds. The van der Waals surface area contributed by atoms with Gasteiger partial charge in [0.2, 0.25) is 0 Å². The largest absolute Gasteiger partial charge is 0.396 e. The summed E-state index contributed by atoms with van der Waals surface area (Å²) in [6.07, 6.45) is 2.78. The molecule has 1 aliphatic rings. The van der Waals surface area contributed by atoms with E-state index < -0.39 is 0 Å². The number of hydrogen-bond acceptors (Lipinski definition) is 4. The van der Waals surface area contributed by atoms with Gasteiger partial charge in [-0.05, 0) is 19.4 Å². The lowest BCUT2D eigenvalue weighted by atomic mass is 10.3. The zero-order valence-corrected chi connectivity index (χ0v) is 9.65. The molecule has 1 rings (SSSR count). The van der Waals surface area contributed by atoms with Crippen LogP contribution in [0.1, 0.15) is 26.2 Å². The zero-order chi connectivity index (χ0) is 10.9. The first-order valence-electron chi connectivity index (χ1n) is 5.93. The number of hydrogen-bond donors (Lipinski definition) is 1. The first-order valence-corrected chi connectivity index (χ1v) is 5.93. The van der Waals surface area contributed by atoms with E-state index in [2.05, 4.69) is 11.8 Å². The van der Waals surface area contributed by atoms with Crippen molar-refractivity contribution in [3.8, 4) is 0 Å². The lowest BCUT2D eigenvalue weighted by Crippen LogP contribution is -2.32. The second kappa shape index (κ2) is 8.05. The van der Waals surface area contributed by atoms with Crippen molar-refractivity contribution in [2.24, 2.45) is 0 Å². The summed E-state index contributed by atoms with van der Waals surface area (Å²) in [5.41, 5.74) is 0. The van der Waals surface area contributed by atoms with Crippen molar-refractivity contribution in [3.63, 3.8) is 0 Å². The summed E-state index contributed by atoms with van der Waals surface area (Å²) in [5.74, 6) is 0. The number of rotatable bonds is 7. The van der Waals surface area contributed by atoms with Crippen LogP contribution in [-0.2, 0) is 9.47 Å². The topological polar surface area (TPSA) is 41.9 Å². The molecule has 0 aromatic heterocycles. The second-order valence-electron chi connectivity index (χ2n) is 3.82. The van der Waals surface area contributed by atoms with Gasteiger partial charge in [0.1, 0.15) is 0 Å². The molecule has 0 atom stereocenters. The molecule has 1 heterocycles. The van der Waals surface area contributed by atoms with Crippen molar-refractivity contribution in [2.75, 3.05) is 39.5 Å². The van der Waals surface area contributed by atoms with Crippen LogP contribution in [0.25, 0.3) is 0 Å². The van der Waals surface area contributed by atoms with Gasteiger partial charge >= 0.3 is 0 Å². The summed E-state index contributed by atoms with van der Waals surface area (Å²) >= 11 is 0. The Hall–Kier alpha value is -0.160. The highest BCUT2D eigenvalue weighted by atomic mass is 16.7. The van der Waals surface area contributed by atoms with E-state index in [-0.39, 0.29) is 12.9 Å². The number of ether oxygens (including phenoxy) is 2. The normalized spacial score (nSPS) is 18.6. The standard InChI is InChI=1S/C11H23NO3/c1-2-12(6-3-8-13)7-5-11-14-9-4-10-15-11/h11,13H,2-10H2,1H3. The highest BCUT2D eigenvalue weighted by Crippen LogP contribution is 2.09. The molecule has 4 heteroatoms. The molecule has 1 fully saturated rings. The van der Waals surface area contributed by atoms with Crippen LogP contribution >= 0.6 is 0 Å². The SMILES string of the molecule is CCN(CCCO)CCC1OCCCO1. The fourth-order valence-electron chi connectivity index (χ4n) is 1.71. The Labute approximate surface area is 92.2 Å². The Balaban J connectivity index is 2.09. The zero-order valence-electron chi connectivity index (χ0n) is 9.65. The highest BCUT2D eigenvalue weighted by molar-refractivity contribution is 4.59. The summed E-state index contributed by atoms with van der Waals surface area (Å²) in [5, 5.41) is 8.75. The maximum atomic E-state index is 8.75. The van der Waals surface area contributed by atoms with E-state index in [9.17, 15) is 0 Å². The molecule has 15 heavy (non-hydrogen) atoms. The van der Waals surface area contributed by atoms with E-state index in [0.717, 1.165) is 52.1 Å². The fourth-order valence-corrected chi connectivity index (χ4v) is 1.71. The number of aliphatic hydroxyl groups is 1. The molecule has 1 N–H and O–H groups in total. The minimum Gasteiger partial charge on any atom is -0.396 e. The van der Waals surface area contributed by atoms with Gasteiger partial charge in [0, 0.05) is 26.1 Å². The Morgan fingerprint density at radius 1 is 1.27 bits per heavy atom. The van der Waals surface area contributed by atoms with Crippen LogP contribution in [0.5, 0.6) is 0 Å². The molecule has 90 valence electrons. The van der Waals surface area contributed by atoms with E-state index in [1.54, 1.807) is 0 Å². The Morgan fingerprint density at radius 2 is 2.00 bits per heavy atom. The van der Waals surface area contributed by atoms with Gasteiger partial charge in [-0.1, -0.05) is 6.92 Å². The van der Waals surface area contributed by atoms with E-state index in [1.807, 2.05) is 0 Å². The molecule has 0 bridgehead atoms. The quantitative estimate of drug-likeness (QED) is 0.686. The van der Waals surface area contributed by atoms with Gasteiger partial charge in [-0.3, -0.25) is 0 Å². The molecule has 0 radical (unpaired) electrons. The van der Waals surface area contributed by atoms with Gasteiger partial charge in [0.05, 0.1) is 13.2 Å². The monoisotopic (exact) mass is 217 g/mol. The number of aliphatic hydroxyl groups excluding tert-OH is 1. The van der Waals surface area contributed by atoms with E-state index in [0.29, 0.717) is 0 Å². The van der Waals surface area contributed by atoms with Crippen LogP contribution in [0, 0.1) is 0 Å². The van der Waals surface area contributed by atoms with Crippen molar-refractivity contribution in [3.05, 3.63) is 0 Å². The molecular formula is C11H23NO3. The smallest absolute Gasteiger partial charge is 0.158 e. The molecule has 0 aliphatic carbocycles. The minimum atomic E-state index is -0.0121. The van der Waals surface area contributed by atoms with Crippen molar-refractivity contribution in [2.45, 2.75) is 32.5 Å². The van der Waals surface area contributed by atoms with Crippen molar-refractivity contribution >= 4 is 0 Å². The molecule has 0 aromatic rings. The number of nitrogens with zero attached hydrogens (tertiary/aromatic N) is 1. The van der Waals surface area contributed by atoms with E-state index >= 15 is 0 Å². The predicted octanol–water partition coefficient (Wildman–Crippen LogP) is 0.844. The van der Waals surface area contributed by atoms with Crippen molar-refractivity contribution in [1.29, 1.82) is 0 Å². The van der Waals surface area contributed by atoms with Gasteiger partial charge in [-0.15, -0.1) is 0 Å². The average molecular weight is 217 g/mol. The molecule has 4 nitrogen and oxygen atoms in total. The summed E-state index contributed by atoms with van der Waals surface area (Å²) in [4.78, 5) is 2.32. The van der Waals surface area contributed by atoms with Crippen LogP contribution < -0.4 is 0 Å². The van der Waals surface area contributed by atoms with Crippen LogP contribution in [0.15, 0.2) is 0 Å². The third-order valence-electron chi connectivity index (χ3n) is 2.66. The summed E-state index contributed by atoms with van der Waals surface area (Å²) in [6.45, 7) is 7.03. The third kappa shape index (κ3) is 5.47. The molecule has 0 unspecified atom stereocenters. The lowest BCUT2D eigenvalue weighted by Gasteiger charge is -2.26. The Bertz CT molecular complexity index is 149. The first-order chi connectivity index (χ1) is 7.36. The summed E-state index contributed by atoms with van der Waals surface area (Å²) in [7, 11) is 0. The fraction of sp³-hybridized carbons (Fsp3) is 1.00. The van der Waals surface area contributed by atoms with Gasteiger partial charge < -0.3 is 19.5 Å². The average Bonchev–Trinajstić information content (AvgIpc) is 2.31. The minimum absolute atomic E-state index is 0.0121. The van der Waals surface area contributed by atoms with Crippen LogP contribution in [0.2, 0.25) is 0 Å². The van der Waals surface area contributed by atoms with E-state index in [4.69, 9.17) is 14.6 Å². The summed E-state index contributed by atoms with van der Waals surface area (Å²) < 4.78 is 11.0. The predicted molar refractivity (Wildman–Crippen MR) is 58.7 cm³/mol. The van der Waals surface area contributed by atoms with Gasteiger partial charge in [0.15, 0.2) is 6.29 Å². The molecular weight excluding hydrogens is 194 g/mol. The molecule has 0 spiro atoms. The summed E-state index contributed by atoms with van der Waals surface area (Å²) in [6, 6.07) is 0. The third-order valence-corrected chi connectivity index (χ3v) is 2.66. The van der Waals surface area contributed by atoms with Crippen molar-refractivity contribution < 1.29 is 14.6 Å². The second-order valence-corrected chi connectivity index (χ2v) is 3.82. The maximum absolute atomic E-state index is 8.75. The van der Waals surface area contributed by atoms with Gasteiger partial charge in [-0.25, -0.2) is 0 Å². The lowest BCUT2D eigenvalue weighted by molar-refractivity contribution is -0.182. The Kier molecular flexibility index (Phi) is 6.92. The first kappa shape index (κ1) is 12.9. The molecule has 0 saturated carbocycles. The molecule has 1 saturated heterocycles. The van der Waals surface area contributed by atoms with Crippen LogP contribution in [0.3, 0.4) is 0 Å². The van der Waals surface area contributed by atoms with Crippen LogP contribution in [0.4, 0.5) is 0 Å². The van der Waals surface area contributed by atoms with Gasteiger partial charge in [0.25, 0.3) is 0 Å². The van der Waals surface area contributed by atoms with Crippen LogP contribution in [-0.4, -0.2) is 55.8 Å². The Morgan fingerprint density at radius 3 is 2.60 bits per heavy atom. The maximum Gasteiger partial charge on any atom is 0.158 e. The molecule has 0 aromatic carbocycles. The molecule has 1 aliphatic heterocycles. The van der Waals surface area contributed by atoms with Gasteiger partial charge in [-0.2, -0.15) is 0 Å². The van der Waals surface area contributed by atoms with E-state index in [1.165, 1.54) is 0 Å².